The number of carbonyl (C=O) groups is 1. The molecule has 202 valence electrons. The summed E-state index contributed by atoms with van der Waals surface area (Å²) in [6, 6.07) is 5.65. The Bertz CT molecular complexity index is 1490. The summed E-state index contributed by atoms with van der Waals surface area (Å²) in [5.41, 5.74) is 1.43. The number of halogens is 3. The smallest absolute Gasteiger partial charge is 0.322 e. The van der Waals surface area contributed by atoms with Gasteiger partial charge in [-0.1, -0.05) is 18.6 Å². The van der Waals surface area contributed by atoms with Crippen molar-refractivity contribution in [2.75, 3.05) is 38.5 Å². The summed E-state index contributed by atoms with van der Waals surface area (Å²) < 4.78 is 43.2. The molecule has 11 heteroatoms. The van der Waals surface area contributed by atoms with E-state index in [1.165, 1.54) is 31.5 Å². The van der Waals surface area contributed by atoms with Gasteiger partial charge in [-0.3, -0.25) is 19.1 Å². The number of aromatic nitrogens is 3. The van der Waals surface area contributed by atoms with Crippen LogP contribution in [0, 0.1) is 11.8 Å². The first-order valence-corrected chi connectivity index (χ1v) is 12.2. The molecule has 1 aliphatic heterocycles. The molecule has 1 N–H and O–H groups in total. The number of likely N-dealkylation sites (N-methyl/N-ethyl adjacent to an activating group) is 1. The third-order valence-corrected chi connectivity index (χ3v) is 6.19. The summed E-state index contributed by atoms with van der Waals surface area (Å²) in [6.07, 6.45) is 3.00. The van der Waals surface area contributed by atoms with Gasteiger partial charge in [0, 0.05) is 68.2 Å². The van der Waals surface area contributed by atoms with Crippen molar-refractivity contribution in [1.82, 2.24) is 24.2 Å². The fraction of sp³-hybridized carbons (Fsp3) is 0.286. The van der Waals surface area contributed by atoms with Gasteiger partial charge in [-0.15, -0.1) is 0 Å². The van der Waals surface area contributed by atoms with E-state index in [4.69, 9.17) is 0 Å². The minimum absolute atomic E-state index is 0.0592. The van der Waals surface area contributed by atoms with Gasteiger partial charge in [-0.05, 0) is 43.7 Å². The van der Waals surface area contributed by atoms with E-state index in [0.29, 0.717) is 30.0 Å². The molecule has 1 fully saturated rings. The van der Waals surface area contributed by atoms with E-state index in [0.717, 1.165) is 19.2 Å². The molecule has 0 unspecified atom stereocenters. The molecule has 1 saturated heterocycles. The maximum absolute atomic E-state index is 13.8. The number of rotatable bonds is 6. The number of nitrogens with one attached hydrogen (secondary N) is 1. The zero-order valence-electron chi connectivity index (χ0n) is 21.7. The molecule has 3 aromatic rings. The fourth-order valence-corrected chi connectivity index (χ4v) is 3.93. The van der Waals surface area contributed by atoms with Crippen LogP contribution in [0.5, 0.6) is 0 Å². The van der Waals surface area contributed by atoms with Gasteiger partial charge in [-0.25, -0.2) is 9.97 Å². The standard InChI is InChI=1S/C28H28F3N7O/c1-20(4-7-24-17-34-26-8-9-32-19-38(24)26)15-33-16-21(2)27(39)35-23-6-5-22(25(14-23)28(29,30)31)18-37-12-10-36(3)11-13-37/h5-6,8-9,14-17,19H,1,10-13,18H2,2-3H3,(H,35,39)/b21-16+,33-15-. The molecule has 0 aliphatic carbocycles. The summed E-state index contributed by atoms with van der Waals surface area (Å²) in [7, 11) is 1.99. The molecule has 3 heterocycles. The summed E-state index contributed by atoms with van der Waals surface area (Å²) >= 11 is 0. The highest BCUT2D eigenvalue weighted by Gasteiger charge is 2.34. The quantitative estimate of drug-likeness (QED) is 0.293. The third-order valence-electron chi connectivity index (χ3n) is 6.19. The number of amides is 1. The predicted octanol–water partition coefficient (Wildman–Crippen LogP) is 4.02. The third kappa shape index (κ3) is 7.40. The molecule has 2 aromatic heterocycles. The fourth-order valence-electron chi connectivity index (χ4n) is 3.93. The van der Waals surface area contributed by atoms with Crippen molar-refractivity contribution in [2.45, 2.75) is 19.6 Å². The summed E-state index contributed by atoms with van der Waals surface area (Å²) in [4.78, 5) is 29.0. The van der Waals surface area contributed by atoms with Crippen LogP contribution in [0.1, 0.15) is 23.7 Å². The van der Waals surface area contributed by atoms with Gasteiger partial charge in [0.05, 0.1) is 11.8 Å². The number of hydrogen-bond acceptors (Lipinski definition) is 6. The minimum Gasteiger partial charge on any atom is -0.322 e. The van der Waals surface area contributed by atoms with Gasteiger partial charge >= 0.3 is 6.18 Å². The second-order valence-corrected chi connectivity index (χ2v) is 9.22. The Hall–Kier alpha value is -4.27. The van der Waals surface area contributed by atoms with E-state index in [2.05, 4.69) is 43.6 Å². The first-order valence-electron chi connectivity index (χ1n) is 12.2. The topological polar surface area (TPSA) is 78.1 Å². The molecule has 0 radical (unpaired) electrons. The molecule has 0 bridgehead atoms. The number of alkyl halides is 3. The van der Waals surface area contributed by atoms with Gasteiger partial charge in [0.25, 0.3) is 5.91 Å². The Balaban J connectivity index is 1.38. The number of nitrogens with zero attached hydrogens (tertiary/aromatic N) is 6. The molecule has 8 nitrogen and oxygen atoms in total. The zero-order valence-corrected chi connectivity index (χ0v) is 21.7. The van der Waals surface area contributed by atoms with E-state index in [9.17, 15) is 18.0 Å². The van der Waals surface area contributed by atoms with Crippen molar-refractivity contribution < 1.29 is 18.0 Å². The lowest BCUT2D eigenvalue weighted by molar-refractivity contribution is -0.138. The number of piperazine rings is 1. The molecular formula is C28H28F3N7O. The predicted molar refractivity (Wildman–Crippen MR) is 144 cm³/mol. The monoisotopic (exact) mass is 535 g/mol. The van der Waals surface area contributed by atoms with E-state index in [1.54, 1.807) is 29.2 Å². The number of carbonyl (C=O) groups excluding carboxylic acids is 1. The largest absolute Gasteiger partial charge is 0.416 e. The van der Waals surface area contributed by atoms with Crippen LogP contribution in [0.15, 0.2) is 71.9 Å². The number of hydrogen-bond donors (Lipinski definition) is 1. The van der Waals surface area contributed by atoms with Crippen LogP contribution in [0.3, 0.4) is 0 Å². The Morgan fingerprint density at radius 1 is 1.23 bits per heavy atom. The van der Waals surface area contributed by atoms with E-state index >= 15 is 0 Å². The number of anilines is 1. The second kappa shape index (κ2) is 12.1. The highest BCUT2D eigenvalue weighted by Crippen LogP contribution is 2.34. The van der Waals surface area contributed by atoms with Crippen molar-refractivity contribution in [3.63, 3.8) is 0 Å². The van der Waals surface area contributed by atoms with Gasteiger partial charge in [0.2, 0.25) is 0 Å². The molecule has 39 heavy (non-hydrogen) atoms. The van der Waals surface area contributed by atoms with Crippen LogP contribution in [0.25, 0.3) is 5.65 Å². The van der Waals surface area contributed by atoms with Gasteiger partial charge in [0.1, 0.15) is 17.7 Å². The first-order chi connectivity index (χ1) is 18.6. The maximum Gasteiger partial charge on any atom is 0.416 e. The molecule has 1 aromatic carbocycles. The van der Waals surface area contributed by atoms with Crippen molar-refractivity contribution in [3.8, 4) is 11.8 Å². The highest BCUT2D eigenvalue weighted by molar-refractivity contribution is 6.03. The van der Waals surface area contributed by atoms with Crippen molar-refractivity contribution in [3.05, 3.63) is 83.7 Å². The number of fused-ring (bicyclic) bond motifs is 1. The van der Waals surface area contributed by atoms with Crippen LogP contribution in [-0.4, -0.2) is 69.5 Å². The van der Waals surface area contributed by atoms with Crippen LogP contribution >= 0.6 is 0 Å². The van der Waals surface area contributed by atoms with Crippen molar-refractivity contribution >= 4 is 23.5 Å². The minimum atomic E-state index is -4.54. The normalized spacial score (nSPS) is 15.4. The molecule has 0 atom stereocenters. The number of imidazole rings is 1. The zero-order chi connectivity index (χ0) is 28.0. The van der Waals surface area contributed by atoms with Crippen molar-refractivity contribution in [1.29, 1.82) is 0 Å². The lowest BCUT2D eigenvalue weighted by Gasteiger charge is -2.33. The highest BCUT2D eigenvalue weighted by atomic mass is 19.4. The maximum atomic E-state index is 13.8. The Kier molecular flexibility index (Phi) is 8.59. The molecule has 0 saturated carbocycles. The van der Waals surface area contributed by atoms with Gasteiger partial charge < -0.3 is 10.2 Å². The van der Waals surface area contributed by atoms with Crippen LogP contribution in [-0.2, 0) is 17.5 Å². The van der Waals surface area contributed by atoms with E-state index < -0.39 is 17.6 Å². The van der Waals surface area contributed by atoms with Crippen molar-refractivity contribution in [2.24, 2.45) is 4.99 Å². The van der Waals surface area contributed by atoms with Gasteiger partial charge in [-0.2, -0.15) is 13.2 Å². The molecule has 1 aliphatic rings. The summed E-state index contributed by atoms with van der Waals surface area (Å²) in [5.74, 6) is 5.22. The average Bonchev–Trinajstić information content (AvgIpc) is 3.32. The van der Waals surface area contributed by atoms with E-state index in [1.807, 2.05) is 11.9 Å². The number of allylic oxidation sites excluding steroid dienone is 1. The van der Waals surface area contributed by atoms with E-state index in [-0.39, 0.29) is 23.4 Å². The lowest BCUT2D eigenvalue weighted by Crippen LogP contribution is -2.44. The Morgan fingerprint density at radius 2 is 2.00 bits per heavy atom. The first kappa shape index (κ1) is 27.8. The number of aliphatic imine (C=N–C) groups is 1. The Labute approximate surface area is 224 Å². The number of benzene rings is 1. The lowest BCUT2D eigenvalue weighted by atomic mass is 10.0. The van der Waals surface area contributed by atoms with Crippen LogP contribution in [0.4, 0.5) is 18.9 Å². The molecule has 1 amide bonds. The molecule has 4 rings (SSSR count). The summed E-state index contributed by atoms with van der Waals surface area (Å²) in [5, 5.41) is 2.52. The molecule has 0 spiro atoms. The van der Waals surface area contributed by atoms with Crippen LogP contribution in [0.2, 0.25) is 0 Å². The van der Waals surface area contributed by atoms with Gasteiger partial charge in [0.15, 0.2) is 0 Å². The summed E-state index contributed by atoms with van der Waals surface area (Å²) in [6.45, 7) is 8.55. The second-order valence-electron chi connectivity index (χ2n) is 9.22. The molecular weight excluding hydrogens is 507 g/mol. The average molecular weight is 536 g/mol. The SMILES string of the molecule is C=C(C#Cc1cnc2ccncn12)/C=N\C=C(/C)C(=O)Nc1ccc(CN2CCN(C)CC2)c(C(F)(F)F)c1. The van der Waals surface area contributed by atoms with Crippen LogP contribution < -0.4 is 5.32 Å². The Morgan fingerprint density at radius 3 is 2.74 bits per heavy atom.